The summed E-state index contributed by atoms with van der Waals surface area (Å²) in [5.41, 5.74) is 2.75. The van der Waals surface area contributed by atoms with Gasteiger partial charge in [-0.1, -0.05) is 11.6 Å². The first-order chi connectivity index (χ1) is 8.49. The van der Waals surface area contributed by atoms with Crippen LogP contribution in [0.4, 0.5) is 0 Å². The molecule has 0 spiro atoms. The van der Waals surface area contributed by atoms with Gasteiger partial charge < -0.3 is 21.5 Å². The molecule has 0 atom stereocenters. The lowest BCUT2D eigenvalue weighted by Crippen LogP contribution is -3.00. The third-order valence-electron chi connectivity index (χ3n) is 3.65. The van der Waals surface area contributed by atoms with Gasteiger partial charge in [-0.2, -0.15) is 0 Å². The second-order valence-electron chi connectivity index (χ2n) is 5.39. The van der Waals surface area contributed by atoms with Crippen LogP contribution in [-0.2, 0) is 0 Å². The van der Waals surface area contributed by atoms with Gasteiger partial charge in [0.15, 0.2) is 0 Å². The fourth-order valence-corrected chi connectivity index (χ4v) is 2.27. The van der Waals surface area contributed by atoms with Crippen LogP contribution in [0.2, 0.25) is 0 Å². The van der Waals surface area contributed by atoms with Gasteiger partial charge in [-0.05, 0) is 58.5 Å². The van der Waals surface area contributed by atoms with Crippen molar-refractivity contribution in [3.05, 3.63) is 23.8 Å². The van der Waals surface area contributed by atoms with Gasteiger partial charge in [0, 0.05) is 0 Å². The van der Waals surface area contributed by atoms with Crippen LogP contribution in [0.15, 0.2) is 23.8 Å². The lowest BCUT2D eigenvalue weighted by atomic mass is 10.1. The SMILES string of the molecule is C#CC[N+](CC)(CC)C/C(C)=C/CCCC(=C)C.[Br-]. The van der Waals surface area contributed by atoms with E-state index in [9.17, 15) is 0 Å². The topological polar surface area (TPSA) is 0 Å². The van der Waals surface area contributed by atoms with Crippen LogP contribution in [0.5, 0.6) is 0 Å². The first-order valence-electron chi connectivity index (χ1n) is 7.08. The van der Waals surface area contributed by atoms with Crippen LogP contribution in [0.3, 0.4) is 0 Å². The second kappa shape index (κ2) is 11.3. The summed E-state index contributed by atoms with van der Waals surface area (Å²) in [5, 5.41) is 0. The third-order valence-corrected chi connectivity index (χ3v) is 3.65. The maximum Gasteiger partial charge on any atom is 0.140 e. The van der Waals surface area contributed by atoms with E-state index < -0.39 is 0 Å². The van der Waals surface area contributed by atoms with Crippen LogP contribution in [0.1, 0.15) is 47.0 Å². The van der Waals surface area contributed by atoms with Gasteiger partial charge in [-0.25, -0.2) is 0 Å². The van der Waals surface area contributed by atoms with Crippen LogP contribution in [0.25, 0.3) is 0 Å². The molecule has 0 aromatic heterocycles. The first-order valence-corrected chi connectivity index (χ1v) is 7.08. The quantitative estimate of drug-likeness (QED) is 0.258. The molecule has 19 heavy (non-hydrogen) atoms. The van der Waals surface area contributed by atoms with E-state index in [0.29, 0.717) is 0 Å². The summed E-state index contributed by atoms with van der Waals surface area (Å²) in [6.45, 7) is 16.9. The normalized spacial score (nSPS) is 11.6. The Bertz CT molecular complexity index is 319. The Morgan fingerprint density at radius 2 is 1.84 bits per heavy atom. The molecule has 0 saturated carbocycles. The number of allylic oxidation sites excluding steroid dienone is 2. The molecule has 110 valence electrons. The Kier molecular flexibility index (Phi) is 12.4. The van der Waals surface area contributed by atoms with Crippen molar-refractivity contribution in [3.63, 3.8) is 0 Å². The van der Waals surface area contributed by atoms with Crippen molar-refractivity contribution in [2.24, 2.45) is 0 Å². The third kappa shape index (κ3) is 9.08. The Hall–Kier alpha value is -0.520. The minimum Gasteiger partial charge on any atom is -1.00 e. The van der Waals surface area contributed by atoms with Crippen molar-refractivity contribution < 1.29 is 21.5 Å². The molecule has 0 aliphatic heterocycles. The molecule has 0 bridgehead atoms. The molecule has 0 saturated heterocycles. The van der Waals surface area contributed by atoms with E-state index in [1.165, 1.54) is 17.6 Å². The summed E-state index contributed by atoms with van der Waals surface area (Å²) in [5.74, 6) is 2.83. The summed E-state index contributed by atoms with van der Waals surface area (Å²) in [6, 6.07) is 0. The molecule has 1 nitrogen and oxygen atoms in total. The second-order valence-corrected chi connectivity index (χ2v) is 5.39. The molecule has 2 heteroatoms. The highest BCUT2D eigenvalue weighted by Crippen LogP contribution is 2.12. The number of hydrogen-bond acceptors (Lipinski definition) is 0. The number of terminal acetylenes is 1. The molecule has 0 aliphatic carbocycles. The predicted molar refractivity (Wildman–Crippen MR) is 82.3 cm³/mol. The van der Waals surface area contributed by atoms with Crippen molar-refractivity contribution in [1.82, 2.24) is 0 Å². The highest BCUT2D eigenvalue weighted by atomic mass is 79.9. The molecule has 0 aromatic rings. The molecule has 0 heterocycles. The summed E-state index contributed by atoms with van der Waals surface area (Å²) in [4.78, 5) is 0. The predicted octanol–water partition coefficient (Wildman–Crippen LogP) is 1.17. The maximum atomic E-state index is 5.50. The van der Waals surface area contributed by atoms with Gasteiger partial charge in [0.25, 0.3) is 0 Å². The average molecular weight is 328 g/mol. The number of unbranched alkanes of at least 4 members (excludes halogenated alkanes) is 1. The molecular formula is C17H30BrN. The van der Waals surface area contributed by atoms with E-state index >= 15 is 0 Å². The fraction of sp³-hybridized carbons (Fsp3) is 0.647. The van der Waals surface area contributed by atoms with Crippen LogP contribution in [0, 0.1) is 12.3 Å². The minimum atomic E-state index is 0. The van der Waals surface area contributed by atoms with E-state index in [1.807, 2.05) is 0 Å². The standard InChI is InChI=1S/C17H30N.BrH/c1-7-14-18(8-2,9-3)15-17(6)13-11-10-12-16(4)5;/h1,13H,4,8-12,14-15H2,2-3,5-6H3;1H/q+1;/p-1/b17-13+;. The van der Waals surface area contributed by atoms with Crippen molar-refractivity contribution in [3.8, 4) is 12.3 Å². The zero-order valence-electron chi connectivity index (χ0n) is 13.1. The van der Waals surface area contributed by atoms with E-state index in [1.54, 1.807) is 0 Å². The molecule has 0 aromatic carbocycles. The summed E-state index contributed by atoms with van der Waals surface area (Å²) in [7, 11) is 0. The molecular weight excluding hydrogens is 298 g/mol. The van der Waals surface area contributed by atoms with Crippen molar-refractivity contribution in [2.75, 3.05) is 26.2 Å². The number of likely N-dealkylation sites (N-methyl/N-ethyl adjacent to an activating group) is 1. The lowest BCUT2D eigenvalue weighted by molar-refractivity contribution is -0.913. The Balaban J connectivity index is 0. The van der Waals surface area contributed by atoms with Crippen molar-refractivity contribution in [1.29, 1.82) is 0 Å². The van der Waals surface area contributed by atoms with Crippen LogP contribution < -0.4 is 17.0 Å². The van der Waals surface area contributed by atoms with E-state index in [2.05, 4.69) is 46.3 Å². The largest absolute Gasteiger partial charge is 1.00 e. The van der Waals surface area contributed by atoms with E-state index in [-0.39, 0.29) is 17.0 Å². The zero-order chi connectivity index (χ0) is 14.0. The number of hydrogen-bond donors (Lipinski definition) is 0. The van der Waals surface area contributed by atoms with Gasteiger partial charge >= 0.3 is 0 Å². The summed E-state index contributed by atoms with van der Waals surface area (Å²) >= 11 is 0. The molecule has 0 aliphatic rings. The van der Waals surface area contributed by atoms with Gasteiger partial charge in [-0.3, -0.25) is 0 Å². The number of quaternary nitrogens is 1. The van der Waals surface area contributed by atoms with Crippen LogP contribution >= 0.6 is 0 Å². The zero-order valence-corrected chi connectivity index (χ0v) is 14.7. The summed E-state index contributed by atoms with van der Waals surface area (Å²) < 4.78 is 1.01. The molecule has 0 fully saturated rings. The number of rotatable bonds is 9. The van der Waals surface area contributed by atoms with Gasteiger partial charge in [0.05, 0.1) is 13.1 Å². The molecule has 0 amide bonds. The van der Waals surface area contributed by atoms with Crippen molar-refractivity contribution >= 4 is 0 Å². The van der Waals surface area contributed by atoms with Gasteiger partial charge in [0.1, 0.15) is 13.1 Å². The number of halogens is 1. The Morgan fingerprint density at radius 1 is 1.26 bits per heavy atom. The highest BCUT2D eigenvalue weighted by Gasteiger charge is 2.21. The fourth-order valence-electron chi connectivity index (χ4n) is 2.27. The first kappa shape index (κ1) is 20.8. The molecule has 0 N–H and O–H groups in total. The highest BCUT2D eigenvalue weighted by molar-refractivity contribution is 5.00. The Labute approximate surface area is 131 Å². The molecule has 0 unspecified atom stereocenters. The lowest BCUT2D eigenvalue weighted by Gasteiger charge is -2.35. The molecule has 0 radical (unpaired) electrons. The maximum absolute atomic E-state index is 5.50. The van der Waals surface area contributed by atoms with Crippen molar-refractivity contribution in [2.45, 2.75) is 47.0 Å². The van der Waals surface area contributed by atoms with Crippen LogP contribution in [-0.4, -0.2) is 30.7 Å². The van der Waals surface area contributed by atoms with E-state index in [0.717, 1.165) is 43.5 Å². The average Bonchev–Trinajstić information content (AvgIpc) is 2.34. The molecule has 0 rings (SSSR count). The minimum absolute atomic E-state index is 0. The van der Waals surface area contributed by atoms with Gasteiger partial charge in [-0.15, -0.1) is 13.0 Å². The number of nitrogens with zero attached hydrogens (tertiary/aromatic N) is 1. The monoisotopic (exact) mass is 327 g/mol. The van der Waals surface area contributed by atoms with E-state index in [4.69, 9.17) is 6.42 Å². The smallest absolute Gasteiger partial charge is 0.140 e. The Morgan fingerprint density at radius 3 is 2.26 bits per heavy atom. The van der Waals surface area contributed by atoms with Gasteiger partial charge in [0.2, 0.25) is 0 Å². The summed E-state index contributed by atoms with van der Waals surface area (Å²) in [6.07, 6.45) is 11.4.